The van der Waals surface area contributed by atoms with Crippen molar-refractivity contribution in [3.63, 3.8) is 0 Å². The number of cyclic esters (lactones) is 1. The van der Waals surface area contributed by atoms with Crippen LogP contribution in [0.15, 0.2) is 6.07 Å². The van der Waals surface area contributed by atoms with Gasteiger partial charge in [0, 0.05) is 18.9 Å². The highest BCUT2D eigenvalue weighted by Crippen LogP contribution is 2.37. The zero-order valence-electron chi connectivity index (χ0n) is 13.3. The highest BCUT2D eigenvalue weighted by molar-refractivity contribution is 6.63. The number of hydrogen-bond acceptors (Lipinski definition) is 7. The molecule has 1 aromatic carbocycles. The van der Waals surface area contributed by atoms with Gasteiger partial charge in [-0.05, 0) is 31.2 Å². The summed E-state index contributed by atoms with van der Waals surface area (Å²) in [5.74, 6) is -4.27. The second kappa shape index (κ2) is 8.11. The molecule has 25 heavy (non-hydrogen) atoms. The molecule has 0 fully saturated rings. The summed E-state index contributed by atoms with van der Waals surface area (Å²) in [7, 11) is 0. The van der Waals surface area contributed by atoms with Gasteiger partial charge >= 0.3 is 5.97 Å². The Labute approximate surface area is 148 Å². The van der Waals surface area contributed by atoms with E-state index in [0.29, 0.717) is 12.8 Å². The Morgan fingerprint density at radius 2 is 1.52 bits per heavy atom. The number of carbonyl (C=O) groups is 4. The molecule has 134 valence electrons. The van der Waals surface area contributed by atoms with Crippen molar-refractivity contribution in [2.75, 3.05) is 6.61 Å². The summed E-state index contributed by atoms with van der Waals surface area (Å²) in [6.07, 6.45) is 0.482. The van der Waals surface area contributed by atoms with E-state index in [4.69, 9.17) is 16.3 Å². The van der Waals surface area contributed by atoms with Gasteiger partial charge in [-0.2, -0.15) is 0 Å². The summed E-state index contributed by atoms with van der Waals surface area (Å²) < 4.78 is 5.07. The third-order valence-corrected chi connectivity index (χ3v) is 4.32. The molecule has 0 amide bonds. The summed E-state index contributed by atoms with van der Waals surface area (Å²) in [5.41, 5.74) is -0.0393. The number of phenols is 2. The lowest BCUT2D eigenvalue weighted by Crippen LogP contribution is -2.24. The largest absolute Gasteiger partial charge is 0.507 e. The molecule has 2 rings (SSSR count). The Morgan fingerprint density at radius 1 is 0.880 bits per heavy atom. The first-order valence-corrected chi connectivity index (χ1v) is 8.21. The lowest BCUT2D eigenvalue weighted by atomic mass is 9.97. The minimum Gasteiger partial charge on any atom is -0.507 e. The number of halogens is 1. The molecule has 1 aliphatic heterocycles. The average Bonchev–Trinajstić information content (AvgIpc) is 2.56. The summed E-state index contributed by atoms with van der Waals surface area (Å²) in [5, 5.41) is 19.6. The number of esters is 1. The van der Waals surface area contributed by atoms with Crippen molar-refractivity contribution in [3.05, 3.63) is 22.2 Å². The number of hydrogen-bond donors (Lipinski definition) is 2. The van der Waals surface area contributed by atoms with E-state index in [2.05, 4.69) is 0 Å². The topological polar surface area (TPSA) is 118 Å². The van der Waals surface area contributed by atoms with Crippen LogP contribution in [0, 0.1) is 0 Å². The van der Waals surface area contributed by atoms with E-state index in [0.717, 1.165) is 6.07 Å². The zero-order valence-corrected chi connectivity index (χ0v) is 14.1. The highest BCUT2D eigenvalue weighted by Gasteiger charge is 2.26. The van der Waals surface area contributed by atoms with Gasteiger partial charge in [-0.1, -0.05) is 11.6 Å². The van der Waals surface area contributed by atoms with Gasteiger partial charge in [0.15, 0.2) is 0 Å². The van der Waals surface area contributed by atoms with E-state index in [1.807, 2.05) is 0 Å². The molecular weight excluding hydrogens is 352 g/mol. The lowest BCUT2D eigenvalue weighted by molar-refractivity contribution is -0.144. The van der Waals surface area contributed by atoms with Crippen LogP contribution in [-0.4, -0.2) is 40.1 Å². The van der Waals surface area contributed by atoms with Gasteiger partial charge in [-0.3, -0.25) is 14.4 Å². The second-order valence-corrected chi connectivity index (χ2v) is 6.08. The van der Waals surface area contributed by atoms with Gasteiger partial charge in [0.1, 0.15) is 17.1 Å². The van der Waals surface area contributed by atoms with Crippen LogP contribution < -0.4 is 0 Å². The molecule has 0 spiro atoms. The molecule has 7 nitrogen and oxygen atoms in total. The number of carbonyl (C=O) groups excluding carboxylic acids is 4. The van der Waals surface area contributed by atoms with Crippen molar-refractivity contribution in [1.82, 2.24) is 0 Å². The first-order chi connectivity index (χ1) is 11.8. The predicted octanol–water partition coefficient (Wildman–Crippen LogP) is 2.12. The zero-order chi connectivity index (χ0) is 18.6. The summed E-state index contributed by atoms with van der Waals surface area (Å²) in [6, 6.07) is 0.943. The number of rotatable bonds is 0. The first kappa shape index (κ1) is 18.9. The number of ether oxygens (including phenoxy) is 1. The van der Waals surface area contributed by atoms with E-state index < -0.39 is 34.8 Å². The van der Waals surface area contributed by atoms with Crippen LogP contribution in [0.2, 0.25) is 5.02 Å². The molecule has 1 heterocycles. The fourth-order valence-corrected chi connectivity index (χ4v) is 2.82. The molecule has 0 aromatic heterocycles. The number of fused-ring (bicyclic) bond motifs is 1. The second-order valence-electron chi connectivity index (χ2n) is 5.70. The van der Waals surface area contributed by atoms with Crippen LogP contribution >= 0.6 is 11.6 Å². The maximum atomic E-state index is 12.2. The van der Waals surface area contributed by atoms with Gasteiger partial charge in [0.2, 0.25) is 11.6 Å². The van der Waals surface area contributed by atoms with Crippen LogP contribution in [0.5, 0.6) is 11.5 Å². The minimum absolute atomic E-state index is 0.0222. The summed E-state index contributed by atoms with van der Waals surface area (Å²) in [4.78, 5) is 47.4. The number of Topliss-reactive ketones (excluding diaryl/α,β-unsaturated/α-hetero) is 3. The molecule has 0 bridgehead atoms. The SMILES string of the molecule is O=C1CCCCOC(=O)c2c(O)cc(O)c(Cl)c2CCCC(=O)C1=O. The molecule has 1 aromatic rings. The van der Waals surface area contributed by atoms with E-state index in [1.165, 1.54) is 0 Å². The van der Waals surface area contributed by atoms with Gasteiger partial charge in [0.05, 0.1) is 11.6 Å². The highest BCUT2D eigenvalue weighted by atomic mass is 35.5. The maximum absolute atomic E-state index is 12.2. The van der Waals surface area contributed by atoms with Crippen molar-refractivity contribution < 1.29 is 34.1 Å². The molecule has 0 atom stereocenters. The third kappa shape index (κ3) is 4.36. The minimum atomic E-state index is -1.03. The number of phenolic OH excluding ortho intramolecular Hbond substituents is 2. The van der Waals surface area contributed by atoms with E-state index in [1.54, 1.807) is 0 Å². The Bertz CT molecular complexity index is 739. The molecule has 2 N–H and O–H groups in total. The predicted molar refractivity (Wildman–Crippen MR) is 86.9 cm³/mol. The normalized spacial score (nSPS) is 17.6. The molecule has 1 aliphatic rings. The van der Waals surface area contributed by atoms with Gasteiger partial charge in [-0.25, -0.2) is 4.79 Å². The van der Waals surface area contributed by atoms with E-state index in [-0.39, 0.29) is 48.4 Å². The number of benzene rings is 1. The van der Waals surface area contributed by atoms with Gasteiger partial charge < -0.3 is 14.9 Å². The van der Waals surface area contributed by atoms with E-state index in [9.17, 15) is 29.4 Å². The molecule has 0 saturated carbocycles. The molecule has 0 radical (unpaired) electrons. The molecule has 0 saturated heterocycles. The van der Waals surface area contributed by atoms with Crippen LogP contribution in [-0.2, 0) is 25.5 Å². The average molecular weight is 369 g/mol. The summed E-state index contributed by atoms with van der Waals surface area (Å²) >= 11 is 6.01. The van der Waals surface area contributed by atoms with Crippen LogP contribution in [0.25, 0.3) is 0 Å². The maximum Gasteiger partial charge on any atom is 0.342 e. The van der Waals surface area contributed by atoms with Crippen molar-refractivity contribution >= 4 is 34.9 Å². The smallest absolute Gasteiger partial charge is 0.342 e. The standard InChI is InChI=1S/C17H17ClO7/c18-15-9-4-3-6-11(20)16(23)10(19)5-1-2-7-25-17(24)14(9)12(21)8-13(15)22/h8,21-22H,1-7H2. The third-order valence-electron chi connectivity index (χ3n) is 3.89. The fraction of sp³-hybridized carbons (Fsp3) is 0.412. The molecular formula is C17H17ClO7. The Morgan fingerprint density at radius 3 is 2.20 bits per heavy atom. The lowest BCUT2D eigenvalue weighted by Gasteiger charge is -2.14. The van der Waals surface area contributed by atoms with Crippen molar-refractivity contribution in [2.24, 2.45) is 0 Å². The van der Waals surface area contributed by atoms with Crippen LogP contribution in [0.3, 0.4) is 0 Å². The molecule has 0 unspecified atom stereocenters. The van der Waals surface area contributed by atoms with Crippen LogP contribution in [0.4, 0.5) is 0 Å². The fourth-order valence-electron chi connectivity index (χ4n) is 2.58. The first-order valence-electron chi connectivity index (χ1n) is 7.83. The monoisotopic (exact) mass is 368 g/mol. The molecule has 0 aliphatic carbocycles. The van der Waals surface area contributed by atoms with Crippen molar-refractivity contribution in [1.29, 1.82) is 0 Å². The summed E-state index contributed by atoms with van der Waals surface area (Å²) in [6.45, 7) is -0.0222. The van der Waals surface area contributed by atoms with E-state index >= 15 is 0 Å². The van der Waals surface area contributed by atoms with Gasteiger partial charge in [-0.15, -0.1) is 0 Å². The van der Waals surface area contributed by atoms with Crippen molar-refractivity contribution in [3.8, 4) is 11.5 Å². The van der Waals surface area contributed by atoms with Crippen LogP contribution in [0.1, 0.15) is 48.0 Å². The Hall–Kier alpha value is -2.41. The Balaban J connectivity index is 2.35. The molecule has 8 heteroatoms. The van der Waals surface area contributed by atoms with Gasteiger partial charge in [0.25, 0.3) is 5.78 Å². The number of aromatic hydroxyl groups is 2. The number of ketones is 3. The Kier molecular flexibility index (Phi) is 6.14. The van der Waals surface area contributed by atoms with Crippen molar-refractivity contribution in [2.45, 2.75) is 38.5 Å². The quantitative estimate of drug-likeness (QED) is 0.531.